The number of aromatic nitrogens is 1. The summed E-state index contributed by atoms with van der Waals surface area (Å²) in [6.45, 7) is 7.77. The Morgan fingerprint density at radius 3 is 2.89 bits per heavy atom. The molecule has 0 spiro atoms. The molecule has 1 aliphatic heterocycles. The van der Waals surface area contributed by atoms with E-state index in [1.54, 1.807) is 32.4 Å². The van der Waals surface area contributed by atoms with Gasteiger partial charge in [-0.25, -0.2) is 0 Å². The highest BCUT2D eigenvalue weighted by Crippen LogP contribution is 2.37. The normalized spacial score (nSPS) is 15.7. The number of aryl methyl sites for hydroxylation is 1. The smallest absolute Gasteiger partial charge is 0.264 e. The minimum atomic E-state index is -0.143. The molecule has 2 amide bonds. The van der Waals surface area contributed by atoms with Crippen molar-refractivity contribution in [2.24, 2.45) is 5.92 Å². The average molecular weight is 522 g/mol. The summed E-state index contributed by atoms with van der Waals surface area (Å²) < 4.78 is 18.2. The van der Waals surface area contributed by atoms with Gasteiger partial charge in [0.05, 0.1) is 33.3 Å². The molecule has 1 fully saturated rings. The molecule has 0 radical (unpaired) electrons. The zero-order chi connectivity index (χ0) is 26.1. The lowest BCUT2D eigenvalue weighted by Gasteiger charge is -2.23. The number of carbonyl (C=O) groups is 2. The molecule has 0 saturated carbocycles. The number of pyridine rings is 1. The molecule has 0 unspecified atom stereocenters. The quantitative estimate of drug-likeness (QED) is 0.316. The maximum atomic E-state index is 13.3. The van der Waals surface area contributed by atoms with E-state index in [1.165, 1.54) is 11.3 Å². The van der Waals surface area contributed by atoms with Gasteiger partial charge in [-0.15, -0.1) is 11.3 Å². The number of nitrogens with zero attached hydrogens (tertiary/aromatic N) is 2. The molecule has 0 bridgehead atoms. The van der Waals surface area contributed by atoms with Crippen molar-refractivity contribution in [1.29, 1.82) is 0 Å². The third kappa shape index (κ3) is 5.06. The van der Waals surface area contributed by atoms with Crippen molar-refractivity contribution in [3.8, 4) is 11.5 Å². The van der Waals surface area contributed by atoms with Crippen molar-refractivity contribution in [3.05, 3.63) is 52.7 Å². The summed E-state index contributed by atoms with van der Waals surface area (Å²) in [6, 6.07) is 9.18. The van der Waals surface area contributed by atoms with Crippen LogP contribution in [0.25, 0.3) is 21.2 Å². The average Bonchev–Trinajstić information content (AvgIpc) is 3.59. The number of ether oxygens (including phenoxy) is 2. The second-order valence-corrected chi connectivity index (χ2v) is 10.8. The first-order chi connectivity index (χ1) is 17.9. The fourth-order valence-corrected chi connectivity index (χ4v) is 5.79. The number of furan rings is 1. The molecule has 1 N–H and O–H groups in total. The van der Waals surface area contributed by atoms with Crippen molar-refractivity contribution in [2.75, 3.05) is 26.8 Å². The van der Waals surface area contributed by atoms with Gasteiger partial charge in [-0.05, 0) is 43.9 Å². The molecule has 5 rings (SSSR count). The third-order valence-corrected chi connectivity index (χ3v) is 7.67. The summed E-state index contributed by atoms with van der Waals surface area (Å²) in [5.41, 5.74) is 1.84. The second-order valence-electron chi connectivity index (χ2n) is 9.78. The lowest BCUT2D eigenvalue weighted by atomic mass is 10.1. The monoisotopic (exact) mass is 521 g/mol. The highest BCUT2D eigenvalue weighted by Gasteiger charge is 2.30. The van der Waals surface area contributed by atoms with E-state index in [0.717, 1.165) is 29.5 Å². The van der Waals surface area contributed by atoms with Crippen molar-refractivity contribution in [1.82, 2.24) is 15.2 Å². The number of rotatable bonds is 8. The summed E-state index contributed by atoms with van der Waals surface area (Å²) in [7, 11) is 1.66. The number of likely N-dealkylation sites (tertiary alicyclic amines) is 1. The lowest BCUT2D eigenvalue weighted by molar-refractivity contribution is 0.0635. The van der Waals surface area contributed by atoms with E-state index >= 15 is 0 Å². The molecule has 1 aliphatic rings. The van der Waals surface area contributed by atoms with Crippen LogP contribution in [0.1, 0.15) is 52.5 Å². The van der Waals surface area contributed by atoms with E-state index in [4.69, 9.17) is 13.9 Å². The van der Waals surface area contributed by atoms with Crippen LogP contribution in [0.2, 0.25) is 0 Å². The van der Waals surface area contributed by atoms with Gasteiger partial charge in [0.15, 0.2) is 0 Å². The summed E-state index contributed by atoms with van der Waals surface area (Å²) >= 11 is 1.38. The van der Waals surface area contributed by atoms with Crippen LogP contribution in [-0.4, -0.2) is 54.5 Å². The summed E-state index contributed by atoms with van der Waals surface area (Å²) in [5, 5.41) is 3.70. The Labute approximate surface area is 219 Å². The van der Waals surface area contributed by atoms with Crippen LogP contribution in [0.4, 0.5) is 0 Å². The Kier molecular flexibility index (Phi) is 7.17. The number of methoxy groups -OCH3 is 1. The molecule has 1 atom stereocenters. The van der Waals surface area contributed by atoms with Crippen LogP contribution in [0, 0.1) is 12.8 Å². The predicted octanol–water partition coefficient (Wildman–Crippen LogP) is 5.78. The molecule has 194 valence electrons. The highest BCUT2D eigenvalue weighted by atomic mass is 32.1. The first-order valence-corrected chi connectivity index (χ1v) is 13.3. The number of fused-ring (bicyclic) bond motifs is 2. The largest absolute Gasteiger partial charge is 0.460 e. The topological polar surface area (TPSA) is 93.9 Å². The number of hydrogen-bond donors (Lipinski definition) is 1. The van der Waals surface area contributed by atoms with Gasteiger partial charge in [-0.2, -0.15) is 0 Å². The second kappa shape index (κ2) is 10.5. The van der Waals surface area contributed by atoms with Gasteiger partial charge in [-0.3, -0.25) is 14.6 Å². The van der Waals surface area contributed by atoms with Gasteiger partial charge in [0, 0.05) is 43.9 Å². The maximum absolute atomic E-state index is 13.3. The molecule has 3 aromatic heterocycles. The minimum Gasteiger partial charge on any atom is -0.460 e. The highest BCUT2D eigenvalue weighted by molar-refractivity contribution is 7.21. The number of nitrogens with one attached hydrogen (secondary N) is 1. The molecule has 4 heterocycles. The summed E-state index contributed by atoms with van der Waals surface area (Å²) in [4.78, 5) is 33.0. The van der Waals surface area contributed by atoms with E-state index in [2.05, 4.69) is 24.1 Å². The lowest BCUT2D eigenvalue weighted by Crippen LogP contribution is -2.37. The van der Waals surface area contributed by atoms with Gasteiger partial charge in [-0.1, -0.05) is 13.8 Å². The van der Waals surface area contributed by atoms with Gasteiger partial charge >= 0.3 is 0 Å². The molecule has 37 heavy (non-hydrogen) atoms. The van der Waals surface area contributed by atoms with Gasteiger partial charge in [0.2, 0.25) is 0 Å². The van der Waals surface area contributed by atoms with Crippen LogP contribution >= 0.6 is 11.3 Å². The van der Waals surface area contributed by atoms with Crippen molar-refractivity contribution >= 4 is 44.3 Å². The Morgan fingerprint density at radius 1 is 1.27 bits per heavy atom. The van der Waals surface area contributed by atoms with Crippen LogP contribution in [0.3, 0.4) is 0 Å². The first kappa shape index (κ1) is 25.2. The summed E-state index contributed by atoms with van der Waals surface area (Å²) in [6.07, 6.45) is 3.61. The molecular formula is C28H31N3O5S. The van der Waals surface area contributed by atoms with Crippen molar-refractivity contribution < 1.29 is 23.5 Å². The Balaban J connectivity index is 1.40. The molecular weight excluding hydrogens is 490 g/mol. The Hall–Kier alpha value is -3.43. The molecule has 8 nitrogen and oxygen atoms in total. The number of amides is 2. The number of thiophene rings is 1. The van der Waals surface area contributed by atoms with E-state index in [-0.39, 0.29) is 17.9 Å². The standard InChI is InChI=1S/C28H31N3O5S/c1-16(2)14-30-27(32)25-17(3)35-23-12-19(7-8-20(23)25)36-22-9-10-29-21-13-24(37-26(21)22)28(33)31-11-5-6-18(31)15-34-4/h7-10,12-13,16,18H,5-6,11,14-15H2,1-4H3,(H,30,32)/t18-/m0/s1. The number of benzene rings is 1. The minimum absolute atomic E-state index is 0.00394. The van der Waals surface area contributed by atoms with Crippen LogP contribution in [-0.2, 0) is 4.74 Å². The molecule has 4 aromatic rings. The van der Waals surface area contributed by atoms with Crippen molar-refractivity contribution in [3.63, 3.8) is 0 Å². The zero-order valence-corrected chi connectivity index (χ0v) is 22.3. The van der Waals surface area contributed by atoms with Gasteiger partial charge in [0.25, 0.3) is 11.8 Å². The van der Waals surface area contributed by atoms with Crippen LogP contribution in [0.5, 0.6) is 11.5 Å². The molecule has 1 aromatic carbocycles. The van der Waals surface area contributed by atoms with Crippen LogP contribution < -0.4 is 10.1 Å². The molecule has 0 aliphatic carbocycles. The third-order valence-electron chi connectivity index (χ3n) is 6.55. The Morgan fingerprint density at radius 2 is 2.11 bits per heavy atom. The maximum Gasteiger partial charge on any atom is 0.264 e. The van der Waals surface area contributed by atoms with Crippen molar-refractivity contribution in [2.45, 2.75) is 39.7 Å². The van der Waals surface area contributed by atoms with Gasteiger partial charge < -0.3 is 24.1 Å². The van der Waals surface area contributed by atoms with E-state index in [1.807, 2.05) is 23.1 Å². The predicted molar refractivity (Wildman–Crippen MR) is 144 cm³/mol. The zero-order valence-electron chi connectivity index (χ0n) is 21.5. The van der Waals surface area contributed by atoms with E-state index in [9.17, 15) is 9.59 Å². The number of carbonyl (C=O) groups excluding carboxylic acids is 2. The van der Waals surface area contributed by atoms with E-state index in [0.29, 0.717) is 57.9 Å². The summed E-state index contributed by atoms with van der Waals surface area (Å²) in [5.74, 6) is 1.97. The SMILES string of the molecule is COC[C@@H]1CCCN1C(=O)c1cc2nccc(Oc3ccc4c(C(=O)NCC(C)C)c(C)oc4c3)c2s1. The molecule has 1 saturated heterocycles. The fraction of sp³-hybridized carbons (Fsp3) is 0.393. The van der Waals surface area contributed by atoms with Gasteiger partial charge in [0.1, 0.15) is 22.8 Å². The first-order valence-electron chi connectivity index (χ1n) is 12.5. The van der Waals surface area contributed by atoms with E-state index < -0.39 is 0 Å². The molecule has 9 heteroatoms. The van der Waals surface area contributed by atoms with Crippen LogP contribution in [0.15, 0.2) is 40.9 Å². The number of hydrogen-bond acceptors (Lipinski definition) is 7. The fourth-order valence-electron chi connectivity index (χ4n) is 4.77. The Bertz CT molecular complexity index is 1460.